The molecule has 0 atom stereocenters. The third-order valence-electron chi connectivity index (χ3n) is 2.69. The molecule has 0 saturated carbocycles. The Kier molecular flexibility index (Phi) is 3.80. The van der Waals surface area contributed by atoms with Crippen molar-refractivity contribution in [2.75, 3.05) is 6.61 Å². The fourth-order valence-corrected chi connectivity index (χ4v) is 1.68. The van der Waals surface area contributed by atoms with E-state index in [-0.39, 0.29) is 5.78 Å². The maximum absolute atomic E-state index is 11.5. The Morgan fingerprint density at radius 3 is 2.42 bits per heavy atom. The number of benzene rings is 1. The number of hydrogen-bond acceptors (Lipinski definition) is 4. The summed E-state index contributed by atoms with van der Waals surface area (Å²) >= 11 is 0. The van der Waals surface area contributed by atoms with Gasteiger partial charge in [0.15, 0.2) is 5.78 Å². The van der Waals surface area contributed by atoms with Gasteiger partial charge in [-0.2, -0.15) is 0 Å². The summed E-state index contributed by atoms with van der Waals surface area (Å²) in [5.74, 6) is 0.175. The second kappa shape index (κ2) is 5.52. The van der Waals surface area contributed by atoms with Gasteiger partial charge in [-0.15, -0.1) is 0 Å². The molecular formula is C15H14O4. The summed E-state index contributed by atoms with van der Waals surface area (Å²) in [5.41, 5.74) is 1.83. The average Bonchev–Trinajstić information content (AvgIpc) is 2.89. The fourth-order valence-electron chi connectivity index (χ4n) is 1.68. The summed E-state index contributed by atoms with van der Waals surface area (Å²) in [4.78, 5) is 22.7. The van der Waals surface area contributed by atoms with E-state index in [2.05, 4.69) is 0 Å². The lowest BCUT2D eigenvalue weighted by molar-refractivity contribution is 0.0525. The van der Waals surface area contributed by atoms with Gasteiger partial charge in [0, 0.05) is 11.1 Å². The molecule has 0 saturated heterocycles. The van der Waals surface area contributed by atoms with Crippen LogP contribution in [0.5, 0.6) is 0 Å². The number of Topliss-reactive ketones (excluding diaryl/α,β-unsaturated/α-hetero) is 1. The lowest BCUT2D eigenvalue weighted by Crippen LogP contribution is -2.02. The highest BCUT2D eigenvalue weighted by atomic mass is 16.5. The molecule has 0 aliphatic rings. The molecule has 0 bridgehead atoms. The minimum atomic E-state index is -0.405. The molecule has 0 fully saturated rings. The van der Waals surface area contributed by atoms with Crippen molar-refractivity contribution in [3.05, 3.63) is 47.7 Å². The van der Waals surface area contributed by atoms with Crippen LogP contribution < -0.4 is 0 Å². The van der Waals surface area contributed by atoms with Gasteiger partial charge >= 0.3 is 5.97 Å². The van der Waals surface area contributed by atoms with Crippen LogP contribution in [-0.2, 0) is 4.74 Å². The first kappa shape index (κ1) is 13.1. The van der Waals surface area contributed by atoms with E-state index in [1.165, 1.54) is 13.2 Å². The first-order chi connectivity index (χ1) is 9.11. The number of rotatable bonds is 4. The Balaban J connectivity index is 2.23. The smallest absolute Gasteiger partial charge is 0.341 e. The summed E-state index contributed by atoms with van der Waals surface area (Å²) in [5, 5.41) is 0. The van der Waals surface area contributed by atoms with Gasteiger partial charge in [-0.25, -0.2) is 4.79 Å². The van der Waals surface area contributed by atoms with Gasteiger partial charge in [0.25, 0.3) is 0 Å². The molecule has 0 radical (unpaired) electrons. The number of ketones is 1. The van der Waals surface area contributed by atoms with Gasteiger partial charge in [0.1, 0.15) is 12.0 Å². The van der Waals surface area contributed by atoms with E-state index in [1.807, 2.05) is 0 Å². The van der Waals surface area contributed by atoms with Gasteiger partial charge in [-0.05, 0) is 19.9 Å². The molecule has 2 aromatic rings. The molecule has 0 N–H and O–H groups in total. The highest BCUT2D eigenvalue weighted by molar-refractivity contribution is 5.94. The molecule has 0 aliphatic heterocycles. The second-order valence-electron chi connectivity index (χ2n) is 4.05. The van der Waals surface area contributed by atoms with Crippen molar-refractivity contribution in [2.45, 2.75) is 13.8 Å². The number of hydrogen-bond donors (Lipinski definition) is 0. The third kappa shape index (κ3) is 2.91. The first-order valence-electron chi connectivity index (χ1n) is 5.99. The summed E-state index contributed by atoms with van der Waals surface area (Å²) in [7, 11) is 0. The quantitative estimate of drug-likeness (QED) is 0.623. The topological polar surface area (TPSA) is 56.5 Å². The zero-order chi connectivity index (χ0) is 13.8. The fraction of sp³-hybridized carbons (Fsp3) is 0.200. The second-order valence-corrected chi connectivity index (χ2v) is 4.05. The van der Waals surface area contributed by atoms with Crippen LogP contribution in [-0.4, -0.2) is 18.4 Å². The SMILES string of the molecule is CCOC(=O)c1coc(-c2ccc(C(C)=O)cc2)c1. The molecule has 0 spiro atoms. The molecule has 1 heterocycles. The Labute approximate surface area is 111 Å². The molecule has 2 rings (SSSR count). The van der Waals surface area contributed by atoms with Crippen LogP contribution in [0.25, 0.3) is 11.3 Å². The van der Waals surface area contributed by atoms with Gasteiger partial charge in [0.2, 0.25) is 0 Å². The van der Waals surface area contributed by atoms with Crippen LogP contribution in [0, 0.1) is 0 Å². The Bertz CT molecular complexity index is 593. The normalized spacial score (nSPS) is 10.2. The summed E-state index contributed by atoms with van der Waals surface area (Å²) in [6, 6.07) is 8.64. The number of furan rings is 1. The Morgan fingerprint density at radius 1 is 1.16 bits per heavy atom. The van der Waals surface area contributed by atoms with Crippen molar-refractivity contribution in [2.24, 2.45) is 0 Å². The van der Waals surface area contributed by atoms with E-state index < -0.39 is 5.97 Å². The zero-order valence-corrected chi connectivity index (χ0v) is 10.8. The molecule has 4 heteroatoms. The van der Waals surface area contributed by atoms with Crippen molar-refractivity contribution in [1.29, 1.82) is 0 Å². The van der Waals surface area contributed by atoms with E-state index in [1.54, 1.807) is 37.3 Å². The molecule has 1 aromatic carbocycles. The standard InChI is InChI=1S/C15H14O4/c1-3-18-15(17)13-8-14(19-9-13)12-6-4-11(5-7-12)10(2)16/h4-9H,3H2,1-2H3. The van der Waals surface area contributed by atoms with Crippen LogP contribution in [0.4, 0.5) is 0 Å². The number of carbonyl (C=O) groups is 2. The predicted octanol–water partition coefficient (Wildman–Crippen LogP) is 3.33. The summed E-state index contributed by atoms with van der Waals surface area (Å²) in [6.07, 6.45) is 1.37. The van der Waals surface area contributed by atoms with Crippen molar-refractivity contribution < 1.29 is 18.7 Å². The first-order valence-corrected chi connectivity index (χ1v) is 5.99. The predicted molar refractivity (Wildman–Crippen MR) is 70.1 cm³/mol. The highest BCUT2D eigenvalue weighted by Crippen LogP contribution is 2.23. The average molecular weight is 258 g/mol. The lowest BCUT2D eigenvalue weighted by Gasteiger charge is -1.98. The van der Waals surface area contributed by atoms with Gasteiger partial charge < -0.3 is 9.15 Å². The molecule has 0 unspecified atom stereocenters. The van der Waals surface area contributed by atoms with E-state index in [0.717, 1.165) is 5.56 Å². The van der Waals surface area contributed by atoms with E-state index in [9.17, 15) is 9.59 Å². The minimum Gasteiger partial charge on any atom is -0.463 e. The van der Waals surface area contributed by atoms with Crippen LogP contribution in [0.3, 0.4) is 0 Å². The van der Waals surface area contributed by atoms with Gasteiger partial charge in [-0.1, -0.05) is 24.3 Å². The molecular weight excluding hydrogens is 244 g/mol. The van der Waals surface area contributed by atoms with Crippen molar-refractivity contribution in [3.63, 3.8) is 0 Å². The molecule has 19 heavy (non-hydrogen) atoms. The Morgan fingerprint density at radius 2 is 1.84 bits per heavy atom. The molecule has 98 valence electrons. The summed E-state index contributed by atoms with van der Waals surface area (Å²) in [6.45, 7) is 3.59. The van der Waals surface area contributed by atoms with Crippen molar-refractivity contribution in [1.82, 2.24) is 0 Å². The maximum Gasteiger partial charge on any atom is 0.341 e. The molecule has 0 amide bonds. The summed E-state index contributed by atoms with van der Waals surface area (Å²) < 4.78 is 10.2. The number of ether oxygens (including phenoxy) is 1. The van der Waals surface area contributed by atoms with Crippen LogP contribution in [0.2, 0.25) is 0 Å². The van der Waals surface area contributed by atoms with Crippen molar-refractivity contribution >= 4 is 11.8 Å². The van der Waals surface area contributed by atoms with Gasteiger partial charge in [-0.3, -0.25) is 4.79 Å². The van der Waals surface area contributed by atoms with Crippen LogP contribution in [0.15, 0.2) is 41.0 Å². The van der Waals surface area contributed by atoms with Crippen LogP contribution in [0.1, 0.15) is 34.6 Å². The van der Waals surface area contributed by atoms with E-state index in [0.29, 0.717) is 23.5 Å². The van der Waals surface area contributed by atoms with E-state index in [4.69, 9.17) is 9.15 Å². The Hall–Kier alpha value is -2.36. The van der Waals surface area contributed by atoms with Gasteiger partial charge in [0.05, 0.1) is 12.2 Å². The molecule has 0 aliphatic carbocycles. The lowest BCUT2D eigenvalue weighted by atomic mass is 10.1. The zero-order valence-electron chi connectivity index (χ0n) is 10.8. The largest absolute Gasteiger partial charge is 0.463 e. The van der Waals surface area contributed by atoms with Crippen LogP contribution >= 0.6 is 0 Å². The monoisotopic (exact) mass is 258 g/mol. The maximum atomic E-state index is 11.5. The van der Waals surface area contributed by atoms with E-state index >= 15 is 0 Å². The molecule has 4 nitrogen and oxygen atoms in total. The highest BCUT2D eigenvalue weighted by Gasteiger charge is 2.12. The minimum absolute atomic E-state index is 0.0122. The number of carbonyl (C=O) groups excluding carboxylic acids is 2. The number of esters is 1. The third-order valence-corrected chi connectivity index (χ3v) is 2.69. The molecule has 1 aromatic heterocycles. The van der Waals surface area contributed by atoms with Crippen molar-refractivity contribution in [3.8, 4) is 11.3 Å².